The monoisotopic (exact) mass is 676 g/mol. The molecular weight excluding hydrogens is 640 g/mol. The molecule has 5 rings (SSSR count). The summed E-state index contributed by atoms with van der Waals surface area (Å²) in [6.45, 7) is 0. The minimum absolute atomic E-state index is 0.0409. The Balaban J connectivity index is 1.37. The molecular formula is C40H36O10. The zero-order chi connectivity index (χ0) is 35.6. The summed E-state index contributed by atoms with van der Waals surface area (Å²) in [6.07, 6.45) is -0.0819. The maximum Gasteiger partial charge on any atom is 0.335 e. The summed E-state index contributed by atoms with van der Waals surface area (Å²) in [7, 11) is 6.13. The van der Waals surface area contributed by atoms with Crippen LogP contribution in [0.2, 0.25) is 0 Å². The summed E-state index contributed by atoms with van der Waals surface area (Å²) in [5, 5.41) is 10.0. The first-order valence-electron chi connectivity index (χ1n) is 15.6. The molecule has 256 valence electrons. The third-order valence-corrected chi connectivity index (χ3v) is 8.04. The molecule has 0 fully saturated rings. The quantitative estimate of drug-likeness (QED) is 0.0754. The Bertz CT molecular complexity index is 1850. The van der Waals surface area contributed by atoms with Crippen molar-refractivity contribution in [2.75, 3.05) is 28.4 Å². The van der Waals surface area contributed by atoms with E-state index in [0.717, 1.165) is 11.1 Å². The number of carboxylic acid groups (broad SMARTS) is 1. The summed E-state index contributed by atoms with van der Waals surface area (Å²) in [4.78, 5) is 38.0. The zero-order valence-electron chi connectivity index (χ0n) is 28.0. The number of rotatable bonds is 14. The van der Waals surface area contributed by atoms with E-state index < -0.39 is 23.8 Å². The molecule has 0 bridgehead atoms. The molecule has 0 aromatic heterocycles. The second-order valence-corrected chi connectivity index (χ2v) is 11.1. The van der Waals surface area contributed by atoms with Crippen molar-refractivity contribution in [3.8, 4) is 34.5 Å². The average Bonchev–Trinajstić information content (AvgIpc) is 3.13. The lowest BCUT2D eigenvalue weighted by atomic mass is 9.83. The normalized spacial score (nSPS) is 10.7. The van der Waals surface area contributed by atoms with Gasteiger partial charge in [0.25, 0.3) is 0 Å². The Morgan fingerprint density at radius 2 is 0.960 bits per heavy atom. The number of methoxy groups -OCH3 is 4. The fraction of sp³-hybridized carbons (Fsp3) is 0.175. The van der Waals surface area contributed by atoms with Crippen LogP contribution < -0.4 is 28.4 Å². The van der Waals surface area contributed by atoms with Crippen LogP contribution in [0.25, 0.3) is 0 Å². The third-order valence-electron chi connectivity index (χ3n) is 8.04. The van der Waals surface area contributed by atoms with Crippen molar-refractivity contribution in [2.45, 2.75) is 18.8 Å². The van der Waals surface area contributed by atoms with Gasteiger partial charge in [-0.25, -0.2) is 4.79 Å². The van der Waals surface area contributed by atoms with Crippen molar-refractivity contribution in [1.29, 1.82) is 0 Å². The lowest BCUT2D eigenvalue weighted by Crippen LogP contribution is -2.13. The van der Waals surface area contributed by atoms with Crippen molar-refractivity contribution in [1.82, 2.24) is 0 Å². The van der Waals surface area contributed by atoms with Gasteiger partial charge in [0.15, 0.2) is 0 Å². The molecule has 0 atom stereocenters. The SMILES string of the molecule is COc1ccc(OC)c(CC(=O)Oc2ccc(C(c3ccc(OC(=O)Cc4cc(OC)ccc4OC)cc3)c3ccccc3C(=O)O)cc2)c1. The molecule has 0 saturated heterocycles. The second-order valence-electron chi connectivity index (χ2n) is 11.1. The smallest absolute Gasteiger partial charge is 0.335 e. The molecule has 10 heteroatoms. The first-order valence-corrected chi connectivity index (χ1v) is 15.6. The number of esters is 2. The van der Waals surface area contributed by atoms with E-state index in [1.54, 1.807) is 123 Å². The summed E-state index contributed by atoms with van der Waals surface area (Å²) >= 11 is 0. The highest BCUT2D eigenvalue weighted by atomic mass is 16.5. The van der Waals surface area contributed by atoms with Gasteiger partial charge in [-0.3, -0.25) is 9.59 Å². The highest BCUT2D eigenvalue weighted by Gasteiger charge is 2.23. The van der Waals surface area contributed by atoms with E-state index in [1.807, 2.05) is 0 Å². The van der Waals surface area contributed by atoms with Crippen molar-refractivity contribution >= 4 is 17.9 Å². The first kappa shape index (κ1) is 35.0. The van der Waals surface area contributed by atoms with Crippen LogP contribution in [-0.4, -0.2) is 51.5 Å². The van der Waals surface area contributed by atoms with Gasteiger partial charge in [0.05, 0.1) is 46.8 Å². The van der Waals surface area contributed by atoms with Gasteiger partial charge >= 0.3 is 17.9 Å². The van der Waals surface area contributed by atoms with Crippen LogP contribution in [0.5, 0.6) is 34.5 Å². The Morgan fingerprint density at radius 1 is 0.540 bits per heavy atom. The van der Waals surface area contributed by atoms with Gasteiger partial charge in [0.2, 0.25) is 0 Å². The molecule has 10 nitrogen and oxygen atoms in total. The van der Waals surface area contributed by atoms with Crippen LogP contribution in [0.15, 0.2) is 109 Å². The largest absolute Gasteiger partial charge is 0.497 e. The van der Waals surface area contributed by atoms with Crippen LogP contribution in [0.3, 0.4) is 0 Å². The number of carbonyl (C=O) groups is 3. The van der Waals surface area contributed by atoms with Gasteiger partial charge in [0, 0.05) is 17.0 Å². The van der Waals surface area contributed by atoms with Gasteiger partial charge in [-0.1, -0.05) is 42.5 Å². The van der Waals surface area contributed by atoms with E-state index in [9.17, 15) is 19.5 Å². The van der Waals surface area contributed by atoms with E-state index in [4.69, 9.17) is 28.4 Å². The van der Waals surface area contributed by atoms with E-state index in [1.165, 1.54) is 14.2 Å². The molecule has 0 amide bonds. The predicted octanol–water partition coefficient (Wildman–Crippen LogP) is 6.90. The standard InChI is InChI=1S/C40H36O10/c1-45-31-17-19-35(47-3)27(21-31)23-37(41)49-29-13-9-25(10-14-29)39(33-7-5-6-8-34(33)40(43)44)26-11-15-30(16-12-26)50-38(42)24-28-22-32(46-2)18-20-36(28)48-4/h5-22,39H,23-24H2,1-4H3,(H,43,44). The van der Waals surface area contributed by atoms with Crippen LogP contribution in [0.1, 0.15) is 44.1 Å². The minimum Gasteiger partial charge on any atom is -0.497 e. The molecule has 0 aliphatic heterocycles. The highest BCUT2D eigenvalue weighted by molar-refractivity contribution is 5.90. The Kier molecular flexibility index (Phi) is 11.4. The molecule has 0 spiro atoms. The van der Waals surface area contributed by atoms with Crippen molar-refractivity contribution < 1.29 is 47.9 Å². The molecule has 0 radical (unpaired) electrons. The van der Waals surface area contributed by atoms with E-state index in [-0.39, 0.29) is 18.4 Å². The van der Waals surface area contributed by atoms with Crippen LogP contribution in [0.4, 0.5) is 0 Å². The maximum atomic E-state index is 12.9. The van der Waals surface area contributed by atoms with Gasteiger partial charge < -0.3 is 33.5 Å². The van der Waals surface area contributed by atoms with Crippen LogP contribution in [0, 0.1) is 0 Å². The number of benzene rings is 5. The Labute approximate surface area is 289 Å². The van der Waals surface area contributed by atoms with E-state index in [0.29, 0.717) is 51.2 Å². The lowest BCUT2D eigenvalue weighted by molar-refractivity contribution is -0.134. The highest BCUT2D eigenvalue weighted by Crippen LogP contribution is 2.36. The molecule has 0 saturated carbocycles. The maximum absolute atomic E-state index is 12.9. The molecule has 5 aromatic rings. The van der Waals surface area contributed by atoms with Crippen LogP contribution in [-0.2, 0) is 22.4 Å². The third kappa shape index (κ3) is 8.40. The Hall–Kier alpha value is -6.29. The van der Waals surface area contributed by atoms with Gasteiger partial charge in [-0.15, -0.1) is 0 Å². The van der Waals surface area contributed by atoms with Crippen LogP contribution >= 0.6 is 0 Å². The van der Waals surface area contributed by atoms with E-state index in [2.05, 4.69) is 0 Å². The summed E-state index contributed by atoms with van der Waals surface area (Å²) in [6, 6.07) is 30.9. The molecule has 0 unspecified atom stereocenters. The van der Waals surface area contributed by atoms with Crippen molar-refractivity contribution in [3.05, 3.63) is 143 Å². The number of ether oxygens (including phenoxy) is 6. The average molecular weight is 677 g/mol. The van der Waals surface area contributed by atoms with Gasteiger partial charge in [-0.05, 0) is 83.4 Å². The number of carbonyl (C=O) groups excluding carboxylic acids is 2. The number of hydrogen-bond donors (Lipinski definition) is 1. The summed E-state index contributed by atoms with van der Waals surface area (Å²) in [5.74, 6) is 0.325. The Morgan fingerprint density at radius 3 is 1.36 bits per heavy atom. The summed E-state index contributed by atoms with van der Waals surface area (Å²) < 4.78 is 32.6. The zero-order valence-corrected chi connectivity index (χ0v) is 28.0. The molecule has 0 aliphatic carbocycles. The van der Waals surface area contributed by atoms with Gasteiger partial charge in [0.1, 0.15) is 34.5 Å². The van der Waals surface area contributed by atoms with Crippen molar-refractivity contribution in [2.24, 2.45) is 0 Å². The molecule has 0 heterocycles. The number of carboxylic acids is 1. The van der Waals surface area contributed by atoms with E-state index >= 15 is 0 Å². The summed E-state index contributed by atoms with van der Waals surface area (Å²) in [5.41, 5.74) is 3.44. The topological polar surface area (TPSA) is 127 Å². The minimum atomic E-state index is -1.07. The lowest BCUT2D eigenvalue weighted by Gasteiger charge is -2.21. The molecule has 0 aliphatic rings. The predicted molar refractivity (Wildman–Crippen MR) is 185 cm³/mol. The number of aromatic carboxylic acids is 1. The fourth-order valence-corrected chi connectivity index (χ4v) is 5.64. The van der Waals surface area contributed by atoms with Crippen molar-refractivity contribution in [3.63, 3.8) is 0 Å². The van der Waals surface area contributed by atoms with Gasteiger partial charge in [-0.2, -0.15) is 0 Å². The fourth-order valence-electron chi connectivity index (χ4n) is 5.64. The second kappa shape index (κ2) is 16.2. The molecule has 50 heavy (non-hydrogen) atoms. The molecule has 1 N–H and O–H groups in total. The number of hydrogen-bond acceptors (Lipinski definition) is 9. The molecule has 5 aromatic carbocycles. The first-order chi connectivity index (χ1) is 24.2.